The van der Waals surface area contributed by atoms with Crippen LogP contribution in [-0.2, 0) is 9.53 Å². The molecule has 2 N–H and O–H groups in total. The van der Waals surface area contributed by atoms with Gasteiger partial charge in [0.15, 0.2) is 0 Å². The zero-order chi connectivity index (χ0) is 15.8. The molecule has 0 aliphatic heterocycles. The number of hydrogen-bond donors (Lipinski definition) is 2. The second kappa shape index (κ2) is 8.58. The SMILES string of the molecule is C=CCCN(CCO)C(=O)NC(C)C(=O)OC(C)(C)C. The van der Waals surface area contributed by atoms with Gasteiger partial charge in [0.25, 0.3) is 0 Å². The van der Waals surface area contributed by atoms with E-state index in [4.69, 9.17) is 9.84 Å². The number of amides is 2. The first-order valence-corrected chi connectivity index (χ1v) is 6.71. The Hall–Kier alpha value is -1.56. The number of hydrogen-bond acceptors (Lipinski definition) is 4. The van der Waals surface area contributed by atoms with Gasteiger partial charge >= 0.3 is 12.0 Å². The molecule has 2 amide bonds. The highest BCUT2D eigenvalue weighted by molar-refractivity contribution is 5.83. The van der Waals surface area contributed by atoms with Crippen molar-refractivity contribution in [3.8, 4) is 0 Å². The van der Waals surface area contributed by atoms with Gasteiger partial charge in [-0.1, -0.05) is 6.08 Å². The summed E-state index contributed by atoms with van der Waals surface area (Å²) in [6, 6.07) is -1.15. The number of rotatable bonds is 7. The number of nitrogens with zero attached hydrogens (tertiary/aromatic N) is 1. The van der Waals surface area contributed by atoms with Gasteiger partial charge in [-0.3, -0.25) is 0 Å². The molecule has 0 rings (SSSR count). The van der Waals surface area contributed by atoms with E-state index in [1.54, 1.807) is 33.8 Å². The summed E-state index contributed by atoms with van der Waals surface area (Å²) in [6.45, 7) is 11.0. The second-order valence-electron chi connectivity index (χ2n) is 5.49. The summed E-state index contributed by atoms with van der Waals surface area (Å²) in [5, 5.41) is 11.5. The van der Waals surface area contributed by atoms with Crippen LogP contribution in [0.4, 0.5) is 4.79 Å². The quantitative estimate of drug-likeness (QED) is 0.546. The molecular weight excluding hydrogens is 260 g/mol. The van der Waals surface area contributed by atoms with Gasteiger partial charge in [0, 0.05) is 13.1 Å². The highest BCUT2D eigenvalue weighted by Gasteiger charge is 2.24. The zero-order valence-electron chi connectivity index (χ0n) is 12.8. The number of aliphatic hydroxyl groups is 1. The van der Waals surface area contributed by atoms with E-state index in [1.165, 1.54) is 4.90 Å². The molecule has 0 spiro atoms. The largest absolute Gasteiger partial charge is 0.458 e. The van der Waals surface area contributed by atoms with Gasteiger partial charge in [-0.05, 0) is 34.1 Å². The minimum atomic E-state index is -0.744. The third-order valence-corrected chi connectivity index (χ3v) is 2.36. The summed E-state index contributed by atoms with van der Waals surface area (Å²) in [5.41, 5.74) is -0.594. The molecule has 6 heteroatoms. The first-order valence-electron chi connectivity index (χ1n) is 6.71. The Morgan fingerprint density at radius 1 is 1.40 bits per heavy atom. The minimum Gasteiger partial charge on any atom is -0.458 e. The normalized spacial score (nSPS) is 12.4. The van der Waals surface area contributed by atoms with Gasteiger partial charge in [-0.25, -0.2) is 9.59 Å². The first-order chi connectivity index (χ1) is 9.21. The first kappa shape index (κ1) is 18.4. The molecule has 0 aromatic carbocycles. The number of nitrogens with one attached hydrogen (secondary N) is 1. The van der Waals surface area contributed by atoms with Crippen LogP contribution in [0.2, 0.25) is 0 Å². The van der Waals surface area contributed by atoms with Crippen molar-refractivity contribution in [2.45, 2.75) is 45.8 Å². The smallest absolute Gasteiger partial charge is 0.328 e. The van der Waals surface area contributed by atoms with Crippen LogP contribution in [0.3, 0.4) is 0 Å². The van der Waals surface area contributed by atoms with E-state index in [-0.39, 0.29) is 13.2 Å². The highest BCUT2D eigenvalue weighted by atomic mass is 16.6. The molecule has 0 bridgehead atoms. The number of urea groups is 1. The van der Waals surface area contributed by atoms with E-state index < -0.39 is 23.6 Å². The van der Waals surface area contributed by atoms with Gasteiger partial charge in [0.2, 0.25) is 0 Å². The number of ether oxygens (including phenoxy) is 1. The Balaban J connectivity index is 4.46. The standard InChI is InChI=1S/C14H26N2O4/c1-6-7-8-16(9-10-17)13(19)15-11(2)12(18)20-14(3,4)5/h6,11,17H,1,7-10H2,2-5H3,(H,15,19). The molecule has 20 heavy (non-hydrogen) atoms. The monoisotopic (exact) mass is 286 g/mol. The lowest BCUT2D eigenvalue weighted by atomic mass is 10.2. The molecule has 0 saturated heterocycles. The molecule has 0 aromatic rings. The van der Waals surface area contributed by atoms with Crippen LogP contribution >= 0.6 is 0 Å². The third kappa shape index (κ3) is 7.78. The Kier molecular flexibility index (Phi) is 7.91. The fourth-order valence-corrected chi connectivity index (χ4v) is 1.41. The van der Waals surface area contributed by atoms with Crippen molar-refractivity contribution < 1.29 is 19.4 Å². The van der Waals surface area contributed by atoms with Crippen LogP contribution in [0.25, 0.3) is 0 Å². The molecule has 0 aliphatic carbocycles. The van der Waals surface area contributed by atoms with Crippen molar-refractivity contribution in [1.82, 2.24) is 10.2 Å². The van der Waals surface area contributed by atoms with Gasteiger partial charge in [-0.2, -0.15) is 0 Å². The Morgan fingerprint density at radius 3 is 2.45 bits per heavy atom. The summed E-state index contributed by atoms with van der Waals surface area (Å²) in [7, 11) is 0. The second-order valence-corrected chi connectivity index (χ2v) is 5.49. The lowest BCUT2D eigenvalue weighted by Gasteiger charge is -2.26. The van der Waals surface area contributed by atoms with E-state index in [9.17, 15) is 9.59 Å². The van der Waals surface area contributed by atoms with E-state index in [0.717, 1.165) is 0 Å². The number of esters is 1. The number of carbonyl (C=O) groups is 2. The molecule has 0 aromatic heterocycles. The maximum absolute atomic E-state index is 12.0. The Morgan fingerprint density at radius 2 is 2.00 bits per heavy atom. The van der Waals surface area contributed by atoms with Crippen LogP contribution in [0, 0.1) is 0 Å². The van der Waals surface area contributed by atoms with Crippen molar-refractivity contribution in [1.29, 1.82) is 0 Å². The van der Waals surface area contributed by atoms with E-state index >= 15 is 0 Å². The van der Waals surface area contributed by atoms with Crippen molar-refractivity contribution in [2.75, 3.05) is 19.7 Å². The molecular formula is C14H26N2O4. The average Bonchev–Trinajstić information content (AvgIpc) is 2.32. The fourth-order valence-electron chi connectivity index (χ4n) is 1.41. The third-order valence-electron chi connectivity index (χ3n) is 2.36. The summed E-state index contributed by atoms with van der Waals surface area (Å²) in [5.74, 6) is -0.487. The summed E-state index contributed by atoms with van der Waals surface area (Å²) in [6.07, 6.45) is 2.31. The molecule has 0 fully saturated rings. The Bertz CT molecular complexity index is 337. The van der Waals surface area contributed by atoms with Gasteiger partial charge in [-0.15, -0.1) is 6.58 Å². The van der Waals surface area contributed by atoms with Gasteiger partial charge in [0.05, 0.1) is 6.61 Å². The van der Waals surface area contributed by atoms with Crippen LogP contribution in [0.5, 0.6) is 0 Å². The minimum absolute atomic E-state index is 0.134. The topological polar surface area (TPSA) is 78.9 Å². The fraction of sp³-hybridized carbons (Fsp3) is 0.714. The van der Waals surface area contributed by atoms with E-state index in [1.807, 2.05) is 0 Å². The Labute approximate surface area is 120 Å². The van der Waals surface area contributed by atoms with Crippen molar-refractivity contribution in [3.63, 3.8) is 0 Å². The molecule has 1 unspecified atom stereocenters. The van der Waals surface area contributed by atoms with Crippen LogP contribution in [-0.4, -0.2) is 53.3 Å². The molecule has 0 aliphatic rings. The molecule has 1 atom stereocenters. The zero-order valence-corrected chi connectivity index (χ0v) is 12.8. The number of carbonyl (C=O) groups excluding carboxylic acids is 2. The van der Waals surface area contributed by atoms with Crippen molar-refractivity contribution in [2.24, 2.45) is 0 Å². The average molecular weight is 286 g/mol. The van der Waals surface area contributed by atoms with E-state index in [2.05, 4.69) is 11.9 Å². The lowest BCUT2D eigenvalue weighted by Crippen LogP contribution is -2.49. The summed E-state index contributed by atoms with van der Waals surface area (Å²) in [4.78, 5) is 25.2. The predicted octanol–water partition coefficient (Wildman–Crippen LogP) is 1.30. The summed E-state index contributed by atoms with van der Waals surface area (Å²) < 4.78 is 5.18. The molecule has 0 saturated carbocycles. The number of aliphatic hydroxyl groups excluding tert-OH is 1. The highest BCUT2D eigenvalue weighted by Crippen LogP contribution is 2.08. The lowest BCUT2D eigenvalue weighted by molar-refractivity contribution is -0.156. The maximum atomic E-state index is 12.0. The molecule has 116 valence electrons. The van der Waals surface area contributed by atoms with Crippen molar-refractivity contribution in [3.05, 3.63) is 12.7 Å². The summed E-state index contributed by atoms with van der Waals surface area (Å²) >= 11 is 0. The van der Waals surface area contributed by atoms with Crippen LogP contribution in [0.1, 0.15) is 34.1 Å². The van der Waals surface area contributed by atoms with Gasteiger partial charge < -0.3 is 20.1 Å². The maximum Gasteiger partial charge on any atom is 0.328 e. The molecule has 6 nitrogen and oxygen atoms in total. The van der Waals surface area contributed by atoms with Crippen LogP contribution in [0.15, 0.2) is 12.7 Å². The van der Waals surface area contributed by atoms with Crippen molar-refractivity contribution >= 4 is 12.0 Å². The van der Waals surface area contributed by atoms with Crippen LogP contribution < -0.4 is 5.32 Å². The molecule has 0 radical (unpaired) electrons. The molecule has 0 heterocycles. The predicted molar refractivity (Wildman–Crippen MR) is 77.3 cm³/mol. The van der Waals surface area contributed by atoms with Gasteiger partial charge in [0.1, 0.15) is 11.6 Å². The van der Waals surface area contributed by atoms with E-state index in [0.29, 0.717) is 13.0 Å².